The quantitative estimate of drug-likeness (QED) is 0.570. The van der Waals surface area contributed by atoms with Gasteiger partial charge in [-0.2, -0.15) is 0 Å². The van der Waals surface area contributed by atoms with Crippen molar-refractivity contribution in [2.24, 2.45) is 0 Å². The number of halogens is 1. The molecule has 0 radical (unpaired) electrons. The lowest BCUT2D eigenvalue weighted by atomic mass is 9.95. The van der Waals surface area contributed by atoms with E-state index in [1.165, 1.54) is 20.3 Å². The van der Waals surface area contributed by atoms with Crippen LogP contribution in [0.3, 0.4) is 0 Å². The van der Waals surface area contributed by atoms with E-state index in [9.17, 15) is 14.0 Å². The highest BCUT2D eigenvalue weighted by Gasteiger charge is 2.30. The Bertz CT molecular complexity index is 524. The predicted molar refractivity (Wildman–Crippen MR) is 78.7 cm³/mol. The second kappa shape index (κ2) is 8.45. The van der Waals surface area contributed by atoms with E-state index in [1.807, 2.05) is 0 Å². The van der Waals surface area contributed by atoms with E-state index in [0.29, 0.717) is 12.2 Å². The van der Waals surface area contributed by atoms with Gasteiger partial charge in [-0.05, 0) is 13.0 Å². The highest BCUT2D eigenvalue weighted by atomic mass is 19.1. The SMILES string of the molecule is COCCNC(=O)C(=O)NCC(C)(OC)c1ccccc1F. The number of benzene rings is 1. The highest BCUT2D eigenvalue weighted by molar-refractivity contribution is 6.35. The highest BCUT2D eigenvalue weighted by Crippen LogP contribution is 2.26. The van der Waals surface area contributed by atoms with Crippen LogP contribution in [0.5, 0.6) is 0 Å². The molecule has 0 aromatic heterocycles. The van der Waals surface area contributed by atoms with Gasteiger partial charge in [-0.1, -0.05) is 18.2 Å². The third kappa shape index (κ3) is 4.78. The molecule has 0 bridgehead atoms. The molecule has 7 heteroatoms. The van der Waals surface area contributed by atoms with Crippen molar-refractivity contribution in [3.05, 3.63) is 35.6 Å². The number of hydrogen-bond donors (Lipinski definition) is 2. The Morgan fingerprint density at radius 1 is 1.18 bits per heavy atom. The molecule has 22 heavy (non-hydrogen) atoms. The number of amides is 2. The van der Waals surface area contributed by atoms with Crippen molar-refractivity contribution in [1.29, 1.82) is 0 Å². The molecule has 0 aliphatic heterocycles. The minimum Gasteiger partial charge on any atom is -0.383 e. The van der Waals surface area contributed by atoms with Crippen LogP contribution in [0, 0.1) is 5.82 Å². The van der Waals surface area contributed by atoms with E-state index >= 15 is 0 Å². The Morgan fingerprint density at radius 2 is 1.82 bits per heavy atom. The van der Waals surface area contributed by atoms with Crippen LogP contribution in [0.25, 0.3) is 0 Å². The van der Waals surface area contributed by atoms with Gasteiger partial charge in [0.1, 0.15) is 11.4 Å². The summed E-state index contributed by atoms with van der Waals surface area (Å²) in [6.07, 6.45) is 0. The smallest absolute Gasteiger partial charge is 0.309 e. The minimum atomic E-state index is -1.08. The first-order chi connectivity index (χ1) is 10.4. The molecule has 0 saturated carbocycles. The Balaban J connectivity index is 2.65. The summed E-state index contributed by atoms with van der Waals surface area (Å²) < 4.78 is 24.0. The first-order valence-electron chi connectivity index (χ1n) is 6.79. The number of hydrogen-bond acceptors (Lipinski definition) is 4. The summed E-state index contributed by atoms with van der Waals surface area (Å²) in [5.41, 5.74) is -0.772. The Kier molecular flexibility index (Phi) is 6.94. The largest absolute Gasteiger partial charge is 0.383 e. The molecule has 2 amide bonds. The van der Waals surface area contributed by atoms with Crippen molar-refractivity contribution < 1.29 is 23.5 Å². The second-order valence-electron chi connectivity index (χ2n) is 4.85. The van der Waals surface area contributed by atoms with E-state index < -0.39 is 23.2 Å². The molecule has 0 aliphatic carbocycles. The van der Waals surface area contributed by atoms with Gasteiger partial charge in [-0.3, -0.25) is 9.59 Å². The number of nitrogens with one attached hydrogen (secondary N) is 2. The third-order valence-corrected chi connectivity index (χ3v) is 3.28. The number of methoxy groups -OCH3 is 2. The van der Waals surface area contributed by atoms with Crippen LogP contribution in [-0.4, -0.2) is 45.7 Å². The zero-order valence-corrected chi connectivity index (χ0v) is 12.9. The average molecular weight is 312 g/mol. The second-order valence-corrected chi connectivity index (χ2v) is 4.85. The van der Waals surface area contributed by atoms with Crippen LogP contribution in [0.15, 0.2) is 24.3 Å². The first kappa shape index (κ1) is 18.1. The van der Waals surface area contributed by atoms with Crippen LogP contribution in [0.2, 0.25) is 0 Å². The topological polar surface area (TPSA) is 76.7 Å². The number of carbonyl (C=O) groups is 2. The lowest BCUT2D eigenvalue weighted by molar-refractivity contribution is -0.140. The van der Waals surface area contributed by atoms with Crippen molar-refractivity contribution in [3.8, 4) is 0 Å². The molecular weight excluding hydrogens is 291 g/mol. The number of ether oxygens (including phenoxy) is 2. The van der Waals surface area contributed by atoms with E-state index in [4.69, 9.17) is 9.47 Å². The molecule has 6 nitrogen and oxygen atoms in total. The third-order valence-electron chi connectivity index (χ3n) is 3.28. The summed E-state index contributed by atoms with van der Waals surface area (Å²) in [5, 5.41) is 4.84. The van der Waals surface area contributed by atoms with Gasteiger partial charge in [0.25, 0.3) is 0 Å². The van der Waals surface area contributed by atoms with Crippen molar-refractivity contribution in [1.82, 2.24) is 10.6 Å². The fraction of sp³-hybridized carbons (Fsp3) is 0.467. The molecule has 1 rings (SSSR count). The van der Waals surface area contributed by atoms with E-state index in [2.05, 4.69) is 10.6 Å². The van der Waals surface area contributed by atoms with E-state index in [-0.39, 0.29) is 13.1 Å². The van der Waals surface area contributed by atoms with Gasteiger partial charge in [0.15, 0.2) is 0 Å². The summed E-state index contributed by atoms with van der Waals surface area (Å²) in [6.45, 7) is 2.14. The van der Waals surface area contributed by atoms with Crippen molar-refractivity contribution in [2.75, 3.05) is 33.9 Å². The first-order valence-corrected chi connectivity index (χ1v) is 6.79. The zero-order chi connectivity index (χ0) is 16.6. The standard InChI is InChI=1S/C15H21FN2O4/c1-15(22-3,11-6-4-5-7-12(11)16)10-18-14(20)13(19)17-8-9-21-2/h4-7H,8-10H2,1-3H3,(H,17,19)(H,18,20). The molecule has 1 atom stereocenters. The Morgan fingerprint density at radius 3 is 2.41 bits per heavy atom. The number of carbonyl (C=O) groups excluding carboxylic acids is 2. The van der Waals surface area contributed by atoms with Crippen LogP contribution >= 0.6 is 0 Å². The van der Waals surface area contributed by atoms with Crippen molar-refractivity contribution in [2.45, 2.75) is 12.5 Å². The molecule has 1 aromatic rings. The maximum Gasteiger partial charge on any atom is 0.309 e. The van der Waals surface area contributed by atoms with Gasteiger partial charge in [0, 0.05) is 26.3 Å². The molecule has 122 valence electrons. The average Bonchev–Trinajstić information content (AvgIpc) is 2.52. The molecule has 0 fully saturated rings. The van der Waals surface area contributed by atoms with E-state index in [1.54, 1.807) is 25.1 Å². The molecule has 1 aromatic carbocycles. The lowest BCUT2D eigenvalue weighted by Crippen LogP contribution is -2.46. The van der Waals surface area contributed by atoms with Crippen molar-refractivity contribution in [3.63, 3.8) is 0 Å². The molecule has 0 saturated heterocycles. The van der Waals surface area contributed by atoms with Crippen LogP contribution < -0.4 is 10.6 Å². The molecule has 0 heterocycles. The Hall–Kier alpha value is -1.99. The fourth-order valence-corrected chi connectivity index (χ4v) is 1.84. The summed E-state index contributed by atoms with van der Waals surface area (Å²) in [6, 6.07) is 6.13. The summed E-state index contributed by atoms with van der Waals surface area (Å²) in [4.78, 5) is 23.2. The maximum absolute atomic E-state index is 13.9. The fourth-order valence-electron chi connectivity index (χ4n) is 1.84. The molecule has 0 aliphatic rings. The van der Waals surface area contributed by atoms with Gasteiger partial charge >= 0.3 is 11.8 Å². The maximum atomic E-state index is 13.9. The molecule has 0 spiro atoms. The van der Waals surface area contributed by atoms with Gasteiger partial charge < -0.3 is 20.1 Å². The normalized spacial score (nSPS) is 13.3. The monoisotopic (exact) mass is 312 g/mol. The summed E-state index contributed by atoms with van der Waals surface area (Å²) in [5.74, 6) is -2.02. The van der Waals surface area contributed by atoms with Gasteiger partial charge in [-0.25, -0.2) is 4.39 Å². The summed E-state index contributed by atoms with van der Waals surface area (Å²) in [7, 11) is 2.90. The van der Waals surface area contributed by atoms with E-state index in [0.717, 1.165) is 0 Å². The van der Waals surface area contributed by atoms with Crippen LogP contribution in [0.4, 0.5) is 4.39 Å². The van der Waals surface area contributed by atoms with Gasteiger partial charge in [0.05, 0.1) is 13.2 Å². The molecule has 2 N–H and O–H groups in total. The van der Waals surface area contributed by atoms with Gasteiger partial charge in [-0.15, -0.1) is 0 Å². The van der Waals surface area contributed by atoms with Gasteiger partial charge in [0.2, 0.25) is 0 Å². The van der Waals surface area contributed by atoms with Crippen LogP contribution in [-0.2, 0) is 24.7 Å². The Labute approximate surface area is 129 Å². The molecular formula is C15H21FN2O4. The molecule has 1 unspecified atom stereocenters. The van der Waals surface area contributed by atoms with Crippen LogP contribution in [0.1, 0.15) is 12.5 Å². The summed E-state index contributed by atoms with van der Waals surface area (Å²) >= 11 is 0. The van der Waals surface area contributed by atoms with Crippen molar-refractivity contribution >= 4 is 11.8 Å². The minimum absolute atomic E-state index is 0.0407. The lowest BCUT2D eigenvalue weighted by Gasteiger charge is -2.29. The predicted octanol–water partition coefficient (Wildman–Crippen LogP) is 0.566. The number of rotatable bonds is 7. The zero-order valence-electron chi connectivity index (χ0n) is 12.9.